The lowest BCUT2D eigenvalue weighted by Gasteiger charge is -2.26. The molecular formula is C18H24N4O2. The van der Waals surface area contributed by atoms with Crippen molar-refractivity contribution in [3.63, 3.8) is 0 Å². The standard InChI is InChI=1S/C18H24N4O2/c1-15-19-7-9-22(15)14-16-2-4-17(5-3-16)18(23)20-6-8-21-10-12-24-13-11-21/h2-5,7,9H,6,8,10-14H2,1H3,(H,20,23). The Morgan fingerprint density at radius 3 is 2.67 bits per heavy atom. The number of carbonyl (C=O) groups excluding carboxylic acids is 1. The molecule has 1 aliphatic heterocycles. The molecular weight excluding hydrogens is 304 g/mol. The first-order valence-electron chi connectivity index (χ1n) is 8.37. The zero-order chi connectivity index (χ0) is 16.8. The molecule has 0 radical (unpaired) electrons. The number of carbonyl (C=O) groups is 1. The van der Waals surface area contributed by atoms with E-state index in [1.807, 2.05) is 37.4 Å². The minimum atomic E-state index is -0.0198. The van der Waals surface area contributed by atoms with E-state index in [2.05, 4.69) is 19.8 Å². The number of rotatable bonds is 6. The van der Waals surface area contributed by atoms with Crippen LogP contribution in [0.2, 0.25) is 0 Å². The molecule has 6 nitrogen and oxygen atoms in total. The SMILES string of the molecule is Cc1nccn1Cc1ccc(C(=O)NCCN2CCOCC2)cc1. The second-order valence-corrected chi connectivity index (χ2v) is 6.01. The molecule has 1 aromatic carbocycles. The first kappa shape index (κ1) is 16.7. The predicted molar refractivity (Wildman–Crippen MR) is 92.1 cm³/mol. The maximum absolute atomic E-state index is 12.2. The highest BCUT2D eigenvalue weighted by atomic mass is 16.5. The summed E-state index contributed by atoms with van der Waals surface area (Å²) < 4.78 is 7.40. The van der Waals surface area contributed by atoms with Crippen molar-refractivity contribution in [3.05, 3.63) is 53.6 Å². The maximum Gasteiger partial charge on any atom is 0.251 e. The van der Waals surface area contributed by atoms with Crippen molar-refractivity contribution in [2.75, 3.05) is 39.4 Å². The summed E-state index contributed by atoms with van der Waals surface area (Å²) in [6, 6.07) is 7.75. The zero-order valence-corrected chi connectivity index (χ0v) is 14.1. The summed E-state index contributed by atoms with van der Waals surface area (Å²) in [4.78, 5) is 18.7. The summed E-state index contributed by atoms with van der Waals surface area (Å²) in [5.41, 5.74) is 1.85. The maximum atomic E-state index is 12.2. The Kier molecular flexibility index (Phi) is 5.61. The lowest BCUT2D eigenvalue weighted by atomic mass is 10.1. The first-order valence-corrected chi connectivity index (χ1v) is 8.37. The van der Waals surface area contributed by atoms with Gasteiger partial charge in [-0.15, -0.1) is 0 Å². The number of hydrogen-bond donors (Lipinski definition) is 1. The van der Waals surface area contributed by atoms with Gasteiger partial charge in [-0.2, -0.15) is 0 Å². The van der Waals surface area contributed by atoms with Crippen LogP contribution in [0.3, 0.4) is 0 Å². The highest BCUT2D eigenvalue weighted by molar-refractivity contribution is 5.94. The largest absolute Gasteiger partial charge is 0.379 e. The molecule has 0 saturated carbocycles. The molecule has 2 heterocycles. The number of nitrogens with one attached hydrogen (secondary N) is 1. The number of nitrogens with zero attached hydrogens (tertiary/aromatic N) is 3. The summed E-state index contributed by atoms with van der Waals surface area (Å²) in [5, 5.41) is 2.98. The van der Waals surface area contributed by atoms with E-state index >= 15 is 0 Å². The third kappa shape index (κ3) is 4.43. The number of amides is 1. The van der Waals surface area contributed by atoms with Gasteiger partial charge in [-0.25, -0.2) is 4.98 Å². The predicted octanol–water partition coefficient (Wildman–Crippen LogP) is 1.30. The average molecular weight is 328 g/mol. The third-order valence-electron chi connectivity index (χ3n) is 4.31. The van der Waals surface area contributed by atoms with Gasteiger partial charge in [-0.1, -0.05) is 12.1 Å². The van der Waals surface area contributed by atoms with Crippen molar-refractivity contribution in [2.45, 2.75) is 13.5 Å². The van der Waals surface area contributed by atoms with Gasteiger partial charge in [0.1, 0.15) is 5.82 Å². The van der Waals surface area contributed by atoms with E-state index in [0.717, 1.165) is 50.8 Å². The van der Waals surface area contributed by atoms with Gasteiger partial charge in [-0.05, 0) is 24.6 Å². The van der Waals surface area contributed by atoms with Crippen LogP contribution in [0.15, 0.2) is 36.7 Å². The molecule has 0 bridgehead atoms. The normalized spacial score (nSPS) is 15.4. The van der Waals surface area contributed by atoms with Crippen LogP contribution in [0.25, 0.3) is 0 Å². The highest BCUT2D eigenvalue weighted by Crippen LogP contribution is 2.08. The Bertz CT molecular complexity index is 660. The van der Waals surface area contributed by atoms with E-state index in [9.17, 15) is 4.79 Å². The monoisotopic (exact) mass is 328 g/mol. The van der Waals surface area contributed by atoms with Gasteiger partial charge < -0.3 is 14.6 Å². The Morgan fingerprint density at radius 2 is 2.00 bits per heavy atom. The first-order chi connectivity index (χ1) is 11.7. The summed E-state index contributed by atoms with van der Waals surface area (Å²) in [7, 11) is 0. The number of aryl methyl sites for hydroxylation is 1. The van der Waals surface area contributed by atoms with Crippen molar-refractivity contribution < 1.29 is 9.53 Å². The number of benzene rings is 1. The van der Waals surface area contributed by atoms with E-state index in [1.54, 1.807) is 6.20 Å². The third-order valence-corrected chi connectivity index (χ3v) is 4.31. The number of aromatic nitrogens is 2. The molecule has 1 aliphatic rings. The Balaban J connectivity index is 1.47. The topological polar surface area (TPSA) is 59.4 Å². The van der Waals surface area contributed by atoms with E-state index in [0.29, 0.717) is 12.1 Å². The van der Waals surface area contributed by atoms with Gasteiger partial charge in [0.15, 0.2) is 0 Å². The second kappa shape index (κ2) is 8.08. The molecule has 0 unspecified atom stereocenters. The molecule has 128 valence electrons. The van der Waals surface area contributed by atoms with Crippen molar-refractivity contribution >= 4 is 5.91 Å². The lowest BCUT2D eigenvalue weighted by Crippen LogP contribution is -2.41. The van der Waals surface area contributed by atoms with Crippen molar-refractivity contribution in [1.29, 1.82) is 0 Å². The molecule has 0 aliphatic carbocycles. The summed E-state index contributed by atoms with van der Waals surface area (Å²) >= 11 is 0. The van der Waals surface area contributed by atoms with Crippen LogP contribution in [0.1, 0.15) is 21.7 Å². The van der Waals surface area contributed by atoms with E-state index in [1.165, 1.54) is 0 Å². The van der Waals surface area contributed by atoms with E-state index in [-0.39, 0.29) is 5.91 Å². The Labute approximate surface area is 142 Å². The molecule has 0 atom stereocenters. The van der Waals surface area contributed by atoms with Crippen LogP contribution in [-0.4, -0.2) is 59.8 Å². The van der Waals surface area contributed by atoms with Gasteiger partial charge in [0.2, 0.25) is 0 Å². The fourth-order valence-electron chi connectivity index (χ4n) is 2.78. The molecule has 0 spiro atoms. The van der Waals surface area contributed by atoms with Crippen molar-refractivity contribution in [1.82, 2.24) is 19.8 Å². The van der Waals surface area contributed by atoms with Gasteiger partial charge in [0.05, 0.1) is 13.2 Å². The fraction of sp³-hybridized carbons (Fsp3) is 0.444. The van der Waals surface area contributed by atoms with Crippen LogP contribution in [0.4, 0.5) is 0 Å². The summed E-state index contributed by atoms with van der Waals surface area (Å²) in [6.07, 6.45) is 3.76. The van der Waals surface area contributed by atoms with E-state index in [4.69, 9.17) is 4.74 Å². The van der Waals surface area contributed by atoms with Gasteiger partial charge in [0, 0.05) is 50.7 Å². The van der Waals surface area contributed by atoms with Crippen LogP contribution in [0.5, 0.6) is 0 Å². The van der Waals surface area contributed by atoms with Gasteiger partial charge >= 0.3 is 0 Å². The van der Waals surface area contributed by atoms with Gasteiger partial charge in [-0.3, -0.25) is 9.69 Å². The van der Waals surface area contributed by atoms with E-state index < -0.39 is 0 Å². The molecule has 24 heavy (non-hydrogen) atoms. The minimum absolute atomic E-state index is 0.0198. The molecule has 1 aromatic heterocycles. The second-order valence-electron chi connectivity index (χ2n) is 6.01. The zero-order valence-electron chi connectivity index (χ0n) is 14.1. The quantitative estimate of drug-likeness (QED) is 0.868. The molecule has 2 aromatic rings. The van der Waals surface area contributed by atoms with Crippen LogP contribution in [0, 0.1) is 6.92 Å². The van der Waals surface area contributed by atoms with Crippen LogP contribution in [-0.2, 0) is 11.3 Å². The molecule has 6 heteroatoms. The molecule has 3 rings (SSSR count). The molecule has 1 N–H and O–H groups in total. The smallest absolute Gasteiger partial charge is 0.251 e. The minimum Gasteiger partial charge on any atom is -0.379 e. The van der Waals surface area contributed by atoms with Crippen LogP contribution < -0.4 is 5.32 Å². The fourth-order valence-corrected chi connectivity index (χ4v) is 2.78. The van der Waals surface area contributed by atoms with Crippen molar-refractivity contribution in [2.24, 2.45) is 0 Å². The van der Waals surface area contributed by atoms with Gasteiger partial charge in [0.25, 0.3) is 5.91 Å². The molecule has 1 amide bonds. The summed E-state index contributed by atoms with van der Waals surface area (Å²) in [5.74, 6) is 0.966. The Morgan fingerprint density at radius 1 is 1.25 bits per heavy atom. The number of morpholine rings is 1. The average Bonchev–Trinajstić information content (AvgIpc) is 3.01. The molecule has 1 fully saturated rings. The lowest BCUT2D eigenvalue weighted by molar-refractivity contribution is 0.0383. The number of imidazole rings is 1. The molecule has 1 saturated heterocycles. The Hall–Kier alpha value is -2.18. The number of hydrogen-bond acceptors (Lipinski definition) is 4. The van der Waals surface area contributed by atoms with Crippen molar-refractivity contribution in [3.8, 4) is 0 Å². The number of ether oxygens (including phenoxy) is 1. The summed E-state index contributed by atoms with van der Waals surface area (Å²) in [6.45, 7) is 7.73. The highest BCUT2D eigenvalue weighted by Gasteiger charge is 2.11. The van der Waals surface area contributed by atoms with Crippen LogP contribution >= 0.6 is 0 Å².